The summed E-state index contributed by atoms with van der Waals surface area (Å²) < 4.78 is 12.8. The number of carbonyl (C=O) groups excluding carboxylic acids is 1. The van der Waals surface area contributed by atoms with Gasteiger partial charge in [-0.1, -0.05) is 24.3 Å². The second-order valence-corrected chi connectivity index (χ2v) is 8.03. The molecule has 2 aromatic carbocycles. The number of hydrogen-bond donors (Lipinski definition) is 2. The highest BCUT2D eigenvalue weighted by molar-refractivity contribution is 6.00. The fourth-order valence-corrected chi connectivity index (χ4v) is 4.20. The number of methoxy groups -OCH3 is 1. The summed E-state index contributed by atoms with van der Waals surface area (Å²) in [6.07, 6.45) is 3.66. The number of amides is 2. The molecule has 174 valence electrons. The van der Waals surface area contributed by atoms with Gasteiger partial charge in [-0.2, -0.15) is 5.10 Å². The molecule has 1 aliphatic heterocycles. The molecular weight excluding hydrogens is 418 g/mol. The molecule has 1 fully saturated rings. The molecule has 33 heavy (non-hydrogen) atoms. The molecule has 1 aromatic heterocycles. The minimum Gasteiger partial charge on any atom is -0.495 e. The van der Waals surface area contributed by atoms with Crippen molar-refractivity contribution in [1.29, 1.82) is 0 Å². The molecule has 1 saturated heterocycles. The van der Waals surface area contributed by atoms with Crippen LogP contribution in [0, 0.1) is 0 Å². The van der Waals surface area contributed by atoms with Crippen molar-refractivity contribution in [2.45, 2.75) is 32.4 Å². The van der Waals surface area contributed by atoms with E-state index in [0.717, 1.165) is 38.2 Å². The van der Waals surface area contributed by atoms with Crippen LogP contribution in [0.3, 0.4) is 0 Å². The van der Waals surface area contributed by atoms with Crippen LogP contribution in [0.25, 0.3) is 0 Å². The smallest absolute Gasteiger partial charge is 0.324 e. The van der Waals surface area contributed by atoms with Gasteiger partial charge in [0.1, 0.15) is 17.3 Å². The van der Waals surface area contributed by atoms with Gasteiger partial charge >= 0.3 is 6.03 Å². The lowest BCUT2D eigenvalue weighted by Gasteiger charge is -2.32. The van der Waals surface area contributed by atoms with Gasteiger partial charge < -0.3 is 14.8 Å². The Balaban J connectivity index is 1.32. The molecule has 8 heteroatoms. The van der Waals surface area contributed by atoms with Crippen molar-refractivity contribution < 1.29 is 14.3 Å². The number of rotatable bonds is 8. The number of hydrogen-bond acceptors (Lipinski definition) is 5. The molecular formula is C25H31N5O3. The summed E-state index contributed by atoms with van der Waals surface area (Å²) in [7, 11) is 1.58. The minimum atomic E-state index is -0.326. The molecule has 2 N–H and O–H groups in total. The number of para-hydroxylation sites is 2. The Kier molecular flexibility index (Phi) is 7.47. The highest BCUT2D eigenvalue weighted by Crippen LogP contribution is 2.27. The number of benzene rings is 2. The van der Waals surface area contributed by atoms with Crippen molar-refractivity contribution in [3.63, 3.8) is 0 Å². The quantitative estimate of drug-likeness (QED) is 0.518. The Morgan fingerprint density at radius 2 is 1.91 bits per heavy atom. The first-order valence-corrected chi connectivity index (χ1v) is 11.3. The number of anilines is 2. The van der Waals surface area contributed by atoms with E-state index in [-0.39, 0.29) is 12.1 Å². The van der Waals surface area contributed by atoms with E-state index in [1.807, 2.05) is 41.9 Å². The first-order valence-electron chi connectivity index (χ1n) is 11.3. The third-order valence-corrected chi connectivity index (χ3v) is 5.79. The predicted molar refractivity (Wildman–Crippen MR) is 129 cm³/mol. The van der Waals surface area contributed by atoms with E-state index in [2.05, 4.69) is 32.8 Å². The fraction of sp³-hybridized carbons (Fsp3) is 0.360. The zero-order chi connectivity index (χ0) is 23.0. The van der Waals surface area contributed by atoms with E-state index >= 15 is 0 Å². The standard InChI is InChI=1S/C25H31N5O3/c1-3-33-21-8-6-7-19(17-21)18-29-15-12-20(13-16-29)30-24(11-14-26-30)28-25(31)27-22-9-4-5-10-23(22)32-2/h4-11,14,17,20H,3,12-13,15-16,18H2,1-2H3,(H2,27,28,31). The van der Waals surface area contributed by atoms with Gasteiger partial charge in [-0.15, -0.1) is 0 Å². The summed E-state index contributed by atoms with van der Waals surface area (Å²) in [6, 6.07) is 17.4. The van der Waals surface area contributed by atoms with Crippen LogP contribution in [-0.4, -0.2) is 47.5 Å². The number of nitrogens with one attached hydrogen (secondary N) is 2. The van der Waals surface area contributed by atoms with Crippen molar-refractivity contribution >= 4 is 17.5 Å². The largest absolute Gasteiger partial charge is 0.495 e. The third-order valence-electron chi connectivity index (χ3n) is 5.79. The van der Waals surface area contributed by atoms with Crippen molar-refractivity contribution in [1.82, 2.24) is 14.7 Å². The Morgan fingerprint density at radius 1 is 1.09 bits per heavy atom. The number of aromatic nitrogens is 2. The van der Waals surface area contributed by atoms with E-state index in [4.69, 9.17) is 9.47 Å². The van der Waals surface area contributed by atoms with Crippen LogP contribution in [0.4, 0.5) is 16.3 Å². The normalized spacial score (nSPS) is 14.6. The number of ether oxygens (including phenoxy) is 2. The number of likely N-dealkylation sites (tertiary alicyclic amines) is 1. The van der Waals surface area contributed by atoms with Gasteiger partial charge in [0.15, 0.2) is 0 Å². The lowest BCUT2D eigenvalue weighted by molar-refractivity contribution is 0.174. The fourth-order valence-electron chi connectivity index (χ4n) is 4.20. The van der Waals surface area contributed by atoms with Crippen LogP contribution in [0.15, 0.2) is 60.8 Å². The van der Waals surface area contributed by atoms with E-state index in [0.29, 0.717) is 23.9 Å². The Bertz CT molecular complexity index is 1060. The molecule has 0 saturated carbocycles. The molecule has 3 aromatic rings. The average Bonchev–Trinajstić information content (AvgIpc) is 3.28. The molecule has 0 spiro atoms. The predicted octanol–water partition coefficient (Wildman–Crippen LogP) is 4.77. The summed E-state index contributed by atoms with van der Waals surface area (Å²) in [5, 5.41) is 10.3. The Hall–Kier alpha value is -3.52. The first kappa shape index (κ1) is 22.7. The highest BCUT2D eigenvalue weighted by atomic mass is 16.5. The summed E-state index contributed by atoms with van der Waals surface area (Å²) in [4.78, 5) is 15.0. The molecule has 0 atom stereocenters. The summed E-state index contributed by atoms with van der Waals surface area (Å²) >= 11 is 0. The van der Waals surface area contributed by atoms with Gasteiger partial charge in [-0.25, -0.2) is 9.48 Å². The highest BCUT2D eigenvalue weighted by Gasteiger charge is 2.23. The number of carbonyl (C=O) groups is 1. The first-order chi connectivity index (χ1) is 16.2. The molecule has 0 aliphatic carbocycles. The van der Waals surface area contributed by atoms with Crippen LogP contribution >= 0.6 is 0 Å². The third kappa shape index (κ3) is 5.84. The lowest BCUT2D eigenvalue weighted by atomic mass is 10.0. The zero-order valence-electron chi connectivity index (χ0n) is 19.2. The second-order valence-electron chi connectivity index (χ2n) is 8.03. The molecule has 1 aliphatic rings. The average molecular weight is 450 g/mol. The van der Waals surface area contributed by atoms with Crippen LogP contribution in [0.1, 0.15) is 31.4 Å². The number of nitrogens with zero attached hydrogens (tertiary/aromatic N) is 3. The van der Waals surface area contributed by atoms with Gasteiger partial charge in [0.05, 0.1) is 31.6 Å². The zero-order valence-corrected chi connectivity index (χ0v) is 19.2. The Labute approximate surface area is 194 Å². The number of piperidine rings is 1. The SMILES string of the molecule is CCOc1cccc(CN2CCC(n3nccc3NC(=O)Nc3ccccc3OC)CC2)c1. The van der Waals surface area contributed by atoms with Crippen LogP contribution in [0.2, 0.25) is 0 Å². The van der Waals surface area contributed by atoms with Crippen molar-refractivity contribution in [2.75, 3.05) is 37.4 Å². The molecule has 8 nitrogen and oxygen atoms in total. The molecule has 0 unspecified atom stereocenters. The topological polar surface area (TPSA) is 80.7 Å². The maximum absolute atomic E-state index is 12.6. The van der Waals surface area contributed by atoms with Crippen molar-refractivity contribution in [3.8, 4) is 11.5 Å². The summed E-state index contributed by atoms with van der Waals surface area (Å²) in [6.45, 7) is 5.51. The molecule has 2 heterocycles. The van der Waals surface area contributed by atoms with Gasteiger partial charge in [-0.3, -0.25) is 10.2 Å². The Morgan fingerprint density at radius 3 is 2.70 bits per heavy atom. The van der Waals surface area contributed by atoms with Crippen molar-refractivity contribution in [3.05, 3.63) is 66.4 Å². The van der Waals surface area contributed by atoms with Crippen LogP contribution in [-0.2, 0) is 6.54 Å². The van der Waals surface area contributed by atoms with Gasteiger partial charge in [0.2, 0.25) is 0 Å². The molecule has 0 bridgehead atoms. The lowest BCUT2D eigenvalue weighted by Crippen LogP contribution is -2.35. The van der Waals surface area contributed by atoms with Crippen LogP contribution in [0.5, 0.6) is 11.5 Å². The number of urea groups is 1. The van der Waals surface area contributed by atoms with Gasteiger partial charge in [0, 0.05) is 25.7 Å². The molecule has 0 radical (unpaired) electrons. The van der Waals surface area contributed by atoms with E-state index in [1.165, 1.54) is 5.56 Å². The maximum Gasteiger partial charge on any atom is 0.324 e. The monoisotopic (exact) mass is 449 g/mol. The van der Waals surface area contributed by atoms with Gasteiger partial charge in [-0.05, 0) is 49.6 Å². The van der Waals surface area contributed by atoms with Crippen molar-refractivity contribution in [2.24, 2.45) is 0 Å². The maximum atomic E-state index is 12.6. The van der Waals surface area contributed by atoms with Gasteiger partial charge in [0.25, 0.3) is 0 Å². The summed E-state index contributed by atoms with van der Waals surface area (Å²) in [5.74, 6) is 2.22. The van der Waals surface area contributed by atoms with Crippen LogP contribution < -0.4 is 20.1 Å². The van der Waals surface area contributed by atoms with E-state index in [9.17, 15) is 4.79 Å². The molecule has 4 rings (SSSR count). The van der Waals surface area contributed by atoms with E-state index in [1.54, 1.807) is 25.4 Å². The molecule has 2 amide bonds. The second kappa shape index (κ2) is 10.9. The summed E-state index contributed by atoms with van der Waals surface area (Å²) in [5.41, 5.74) is 1.87. The van der Waals surface area contributed by atoms with E-state index < -0.39 is 0 Å². The minimum absolute atomic E-state index is 0.243.